The summed E-state index contributed by atoms with van der Waals surface area (Å²) in [5.41, 5.74) is 5.80. The zero-order valence-electron chi connectivity index (χ0n) is 10.4. The lowest BCUT2D eigenvalue weighted by Gasteiger charge is -2.37. The molecular formula is C12H26N2O. The summed E-state index contributed by atoms with van der Waals surface area (Å²) in [5, 5.41) is 0. The molecule has 0 spiro atoms. The Hall–Kier alpha value is -0.120. The highest BCUT2D eigenvalue weighted by molar-refractivity contribution is 4.80. The molecule has 1 saturated heterocycles. The fourth-order valence-corrected chi connectivity index (χ4v) is 2.25. The zero-order valence-corrected chi connectivity index (χ0v) is 10.4. The van der Waals surface area contributed by atoms with Crippen LogP contribution >= 0.6 is 0 Å². The van der Waals surface area contributed by atoms with Crippen LogP contribution in [0.4, 0.5) is 0 Å². The van der Waals surface area contributed by atoms with E-state index in [9.17, 15) is 0 Å². The van der Waals surface area contributed by atoms with Gasteiger partial charge in [0.15, 0.2) is 0 Å². The van der Waals surface area contributed by atoms with Crippen LogP contribution in [0.5, 0.6) is 0 Å². The first-order valence-electron chi connectivity index (χ1n) is 6.19. The van der Waals surface area contributed by atoms with Crippen LogP contribution in [0, 0.1) is 5.92 Å². The second-order valence-corrected chi connectivity index (χ2v) is 4.97. The quantitative estimate of drug-likeness (QED) is 0.753. The van der Waals surface area contributed by atoms with E-state index in [2.05, 4.69) is 25.7 Å². The van der Waals surface area contributed by atoms with E-state index < -0.39 is 0 Å². The minimum atomic E-state index is 0.338. The molecule has 0 saturated carbocycles. The maximum Gasteiger partial charge on any atom is 0.0597 e. The zero-order chi connectivity index (χ0) is 11.3. The van der Waals surface area contributed by atoms with Crippen molar-refractivity contribution in [1.29, 1.82) is 0 Å². The van der Waals surface area contributed by atoms with Crippen molar-refractivity contribution in [2.75, 3.05) is 26.2 Å². The predicted molar refractivity (Wildman–Crippen MR) is 63.9 cm³/mol. The van der Waals surface area contributed by atoms with E-state index in [0.717, 1.165) is 25.6 Å². The van der Waals surface area contributed by atoms with Gasteiger partial charge in [0.25, 0.3) is 0 Å². The molecule has 0 aromatic heterocycles. The highest BCUT2D eigenvalue weighted by atomic mass is 16.5. The minimum Gasteiger partial charge on any atom is -0.377 e. The summed E-state index contributed by atoms with van der Waals surface area (Å²) < 4.78 is 5.58. The molecule has 3 heteroatoms. The summed E-state index contributed by atoms with van der Waals surface area (Å²) in [7, 11) is 0. The van der Waals surface area contributed by atoms with Crippen LogP contribution in [0.25, 0.3) is 0 Å². The maximum absolute atomic E-state index is 5.80. The lowest BCUT2D eigenvalue weighted by atomic mass is 9.92. The molecule has 0 aromatic carbocycles. The SMILES string of the molecule is CC1CCN(CCOC(C)C)C(CN)C1. The molecule has 2 unspecified atom stereocenters. The number of ether oxygens (including phenoxy) is 1. The molecule has 1 heterocycles. The number of piperidine rings is 1. The molecule has 3 nitrogen and oxygen atoms in total. The van der Waals surface area contributed by atoms with Gasteiger partial charge in [-0.25, -0.2) is 0 Å². The van der Waals surface area contributed by atoms with Gasteiger partial charge in [0.05, 0.1) is 12.7 Å². The number of hydrogen-bond acceptors (Lipinski definition) is 3. The highest BCUT2D eigenvalue weighted by Gasteiger charge is 2.24. The molecule has 1 rings (SSSR count). The van der Waals surface area contributed by atoms with Gasteiger partial charge < -0.3 is 10.5 Å². The average Bonchev–Trinajstić information content (AvgIpc) is 2.19. The molecule has 15 heavy (non-hydrogen) atoms. The van der Waals surface area contributed by atoms with Gasteiger partial charge in [0.1, 0.15) is 0 Å². The number of rotatable bonds is 5. The van der Waals surface area contributed by atoms with Crippen LogP contribution in [0.3, 0.4) is 0 Å². The molecular weight excluding hydrogens is 188 g/mol. The molecule has 0 aromatic rings. The lowest BCUT2D eigenvalue weighted by Crippen LogP contribution is -2.47. The third-order valence-electron chi connectivity index (χ3n) is 3.20. The molecule has 1 fully saturated rings. The van der Waals surface area contributed by atoms with Gasteiger partial charge in [-0.3, -0.25) is 4.90 Å². The van der Waals surface area contributed by atoms with E-state index in [1.54, 1.807) is 0 Å². The second-order valence-electron chi connectivity index (χ2n) is 4.97. The van der Waals surface area contributed by atoms with Gasteiger partial charge >= 0.3 is 0 Å². The number of likely N-dealkylation sites (tertiary alicyclic amines) is 1. The Kier molecular flexibility index (Phi) is 5.58. The first-order valence-corrected chi connectivity index (χ1v) is 6.19. The largest absolute Gasteiger partial charge is 0.377 e. The molecule has 1 aliphatic heterocycles. The number of hydrogen-bond donors (Lipinski definition) is 1. The van der Waals surface area contributed by atoms with Crippen molar-refractivity contribution < 1.29 is 4.74 Å². The molecule has 1 aliphatic rings. The Morgan fingerprint density at radius 2 is 2.20 bits per heavy atom. The fraction of sp³-hybridized carbons (Fsp3) is 1.00. The van der Waals surface area contributed by atoms with Crippen molar-refractivity contribution in [1.82, 2.24) is 4.90 Å². The average molecular weight is 214 g/mol. The maximum atomic E-state index is 5.80. The second kappa shape index (κ2) is 6.46. The van der Waals surface area contributed by atoms with Gasteiger partial charge in [0.2, 0.25) is 0 Å². The molecule has 2 N–H and O–H groups in total. The standard InChI is InChI=1S/C12H26N2O/c1-10(2)15-7-6-14-5-4-11(3)8-12(14)9-13/h10-12H,4-9,13H2,1-3H3. The molecule has 0 amide bonds. The van der Waals surface area contributed by atoms with E-state index in [0.29, 0.717) is 12.1 Å². The Bertz CT molecular complexity index is 173. The summed E-state index contributed by atoms with van der Waals surface area (Å²) in [5.74, 6) is 0.834. The van der Waals surface area contributed by atoms with Crippen LogP contribution in [-0.2, 0) is 4.74 Å². The van der Waals surface area contributed by atoms with Crippen molar-refractivity contribution in [2.24, 2.45) is 11.7 Å². The highest BCUT2D eigenvalue weighted by Crippen LogP contribution is 2.21. The third kappa shape index (κ3) is 4.49. The minimum absolute atomic E-state index is 0.338. The molecule has 0 bridgehead atoms. The lowest BCUT2D eigenvalue weighted by molar-refractivity contribution is 0.0351. The van der Waals surface area contributed by atoms with E-state index in [1.165, 1.54) is 19.4 Å². The summed E-state index contributed by atoms with van der Waals surface area (Å²) in [6.45, 7) is 10.3. The van der Waals surface area contributed by atoms with Gasteiger partial charge in [-0.2, -0.15) is 0 Å². The summed E-state index contributed by atoms with van der Waals surface area (Å²) in [6.07, 6.45) is 2.89. The third-order valence-corrected chi connectivity index (χ3v) is 3.20. The number of nitrogens with two attached hydrogens (primary N) is 1. The molecule has 90 valence electrons. The van der Waals surface area contributed by atoms with Crippen LogP contribution in [-0.4, -0.2) is 43.3 Å². The van der Waals surface area contributed by atoms with Crippen molar-refractivity contribution in [3.8, 4) is 0 Å². The van der Waals surface area contributed by atoms with Crippen LogP contribution < -0.4 is 5.73 Å². The van der Waals surface area contributed by atoms with E-state index in [1.807, 2.05) is 0 Å². The Morgan fingerprint density at radius 1 is 1.47 bits per heavy atom. The van der Waals surface area contributed by atoms with Gasteiger partial charge in [0, 0.05) is 19.1 Å². The van der Waals surface area contributed by atoms with Crippen LogP contribution in [0.15, 0.2) is 0 Å². The Labute approximate surface area is 94.0 Å². The monoisotopic (exact) mass is 214 g/mol. The molecule has 0 radical (unpaired) electrons. The van der Waals surface area contributed by atoms with Crippen molar-refractivity contribution in [3.63, 3.8) is 0 Å². The van der Waals surface area contributed by atoms with E-state index >= 15 is 0 Å². The van der Waals surface area contributed by atoms with E-state index in [-0.39, 0.29) is 0 Å². The summed E-state index contributed by atoms with van der Waals surface area (Å²) in [4.78, 5) is 2.49. The van der Waals surface area contributed by atoms with Crippen molar-refractivity contribution >= 4 is 0 Å². The van der Waals surface area contributed by atoms with Crippen LogP contribution in [0.2, 0.25) is 0 Å². The first-order chi connectivity index (χ1) is 7.13. The summed E-state index contributed by atoms with van der Waals surface area (Å²) in [6, 6.07) is 0.574. The van der Waals surface area contributed by atoms with E-state index in [4.69, 9.17) is 10.5 Å². The summed E-state index contributed by atoms with van der Waals surface area (Å²) >= 11 is 0. The molecule has 2 atom stereocenters. The normalized spacial score (nSPS) is 28.6. The Morgan fingerprint density at radius 3 is 2.80 bits per heavy atom. The van der Waals surface area contributed by atoms with Crippen molar-refractivity contribution in [2.45, 2.75) is 45.8 Å². The number of nitrogens with zero attached hydrogens (tertiary/aromatic N) is 1. The Balaban J connectivity index is 2.26. The van der Waals surface area contributed by atoms with Gasteiger partial charge in [-0.05, 0) is 39.2 Å². The topological polar surface area (TPSA) is 38.5 Å². The van der Waals surface area contributed by atoms with Crippen molar-refractivity contribution in [3.05, 3.63) is 0 Å². The fourth-order valence-electron chi connectivity index (χ4n) is 2.25. The first kappa shape index (κ1) is 12.9. The van der Waals surface area contributed by atoms with Gasteiger partial charge in [-0.1, -0.05) is 6.92 Å². The predicted octanol–water partition coefficient (Wildman–Crippen LogP) is 1.47. The molecule has 0 aliphatic carbocycles. The van der Waals surface area contributed by atoms with Crippen LogP contribution in [0.1, 0.15) is 33.6 Å². The van der Waals surface area contributed by atoms with Gasteiger partial charge in [-0.15, -0.1) is 0 Å². The smallest absolute Gasteiger partial charge is 0.0597 e.